The van der Waals surface area contributed by atoms with Crippen LogP contribution in [0.25, 0.3) is 0 Å². The Morgan fingerprint density at radius 1 is 1.11 bits per heavy atom. The van der Waals surface area contributed by atoms with Gasteiger partial charge >= 0.3 is 11.8 Å². The van der Waals surface area contributed by atoms with Crippen molar-refractivity contribution in [3.8, 4) is 0 Å². The molecule has 0 aliphatic carbocycles. The number of hydrogen-bond acceptors (Lipinski definition) is 5. The van der Waals surface area contributed by atoms with Crippen LogP contribution < -0.4 is 10.6 Å². The lowest BCUT2D eigenvalue weighted by atomic mass is 10.1. The van der Waals surface area contributed by atoms with Gasteiger partial charge in [0.05, 0.1) is 19.3 Å². The molecule has 8 heteroatoms. The number of thiophene rings is 1. The summed E-state index contributed by atoms with van der Waals surface area (Å²) in [4.78, 5) is 26.4. The molecule has 144 valence electrons. The van der Waals surface area contributed by atoms with Gasteiger partial charge < -0.3 is 15.4 Å². The van der Waals surface area contributed by atoms with Crippen LogP contribution in [0.5, 0.6) is 0 Å². The molecule has 2 amide bonds. The summed E-state index contributed by atoms with van der Waals surface area (Å²) in [6.07, 6.45) is 0. The molecule has 0 radical (unpaired) electrons. The monoisotopic (exact) mass is 391 g/mol. The van der Waals surface area contributed by atoms with E-state index >= 15 is 0 Å². The highest BCUT2D eigenvalue weighted by Gasteiger charge is 2.24. The van der Waals surface area contributed by atoms with Crippen LogP contribution in [0, 0.1) is 5.82 Å². The minimum atomic E-state index is -0.703. The second kappa shape index (κ2) is 9.59. The molecule has 0 bridgehead atoms. The van der Waals surface area contributed by atoms with Crippen molar-refractivity contribution in [1.82, 2.24) is 15.5 Å². The Balaban J connectivity index is 1.52. The van der Waals surface area contributed by atoms with Crippen molar-refractivity contribution in [2.24, 2.45) is 0 Å². The summed E-state index contributed by atoms with van der Waals surface area (Å²) < 4.78 is 18.3. The Morgan fingerprint density at radius 3 is 2.48 bits per heavy atom. The molecule has 1 unspecified atom stereocenters. The Kier molecular flexibility index (Phi) is 6.92. The summed E-state index contributed by atoms with van der Waals surface area (Å²) in [5.41, 5.74) is 1.84. The number of nitrogens with one attached hydrogen (secondary N) is 2. The summed E-state index contributed by atoms with van der Waals surface area (Å²) in [7, 11) is 0. The Hall–Kier alpha value is -2.29. The van der Waals surface area contributed by atoms with E-state index in [2.05, 4.69) is 20.9 Å². The van der Waals surface area contributed by atoms with Gasteiger partial charge in [-0.25, -0.2) is 4.39 Å². The van der Waals surface area contributed by atoms with Crippen LogP contribution in [0.4, 0.5) is 4.39 Å². The standard InChI is InChI=1S/C19H22FN3O3S/c20-16-3-1-14(2-4-16)11-21-18(24)19(25)22-12-17(15-5-10-27-13-15)23-6-8-26-9-7-23/h1-5,10,13,17H,6-9,11-12H2,(H,21,24)(H,22,25). The predicted molar refractivity (Wildman–Crippen MR) is 101 cm³/mol. The second-order valence-corrected chi connectivity index (χ2v) is 7.02. The maximum atomic E-state index is 12.9. The molecule has 1 aromatic heterocycles. The van der Waals surface area contributed by atoms with E-state index in [1.54, 1.807) is 23.5 Å². The van der Waals surface area contributed by atoms with Gasteiger partial charge in [0.1, 0.15) is 5.82 Å². The minimum Gasteiger partial charge on any atom is -0.379 e. The fourth-order valence-corrected chi connectivity index (χ4v) is 3.65. The van der Waals surface area contributed by atoms with E-state index < -0.39 is 11.8 Å². The number of halogens is 1. The van der Waals surface area contributed by atoms with E-state index in [4.69, 9.17) is 4.74 Å². The fraction of sp³-hybridized carbons (Fsp3) is 0.368. The molecule has 1 fully saturated rings. The smallest absolute Gasteiger partial charge is 0.309 e. The molecule has 2 heterocycles. The van der Waals surface area contributed by atoms with Gasteiger partial charge in [0.25, 0.3) is 0 Å². The molecular formula is C19H22FN3O3S. The largest absolute Gasteiger partial charge is 0.379 e. The number of ether oxygens (including phenoxy) is 1. The number of carbonyl (C=O) groups is 2. The zero-order valence-corrected chi connectivity index (χ0v) is 15.6. The van der Waals surface area contributed by atoms with E-state index in [0.29, 0.717) is 19.8 Å². The first-order chi connectivity index (χ1) is 13.1. The van der Waals surface area contributed by atoms with Gasteiger partial charge in [-0.3, -0.25) is 14.5 Å². The summed E-state index contributed by atoms with van der Waals surface area (Å²) in [6.45, 7) is 3.41. The first kappa shape index (κ1) is 19.5. The van der Waals surface area contributed by atoms with Gasteiger partial charge in [-0.15, -0.1) is 0 Å². The molecule has 2 aromatic rings. The van der Waals surface area contributed by atoms with Gasteiger partial charge in [-0.05, 0) is 40.1 Å². The van der Waals surface area contributed by atoms with E-state index in [1.807, 2.05) is 11.4 Å². The van der Waals surface area contributed by atoms with Gasteiger partial charge in [0.2, 0.25) is 0 Å². The third-order valence-electron chi connectivity index (χ3n) is 4.44. The topological polar surface area (TPSA) is 70.7 Å². The molecule has 1 aromatic carbocycles. The van der Waals surface area contributed by atoms with Crippen LogP contribution in [0.2, 0.25) is 0 Å². The normalized spacial score (nSPS) is 15.9. The molecule has 1 atom stereocenters. The van der Waals surface area contributed by atoms with Crippen LogP contribution in [-0.2, 0) is 20.9 Å². The van der Waals surface area contributed by atoms with Crippen LogP contribution in [0.1, 0.15) is 17.2 Å². The van der Waals surface area contributed by atoms with Crippen molar-refractivity contribution >= 4 is 23.2 Å². The number of nitrogens with zero attached hydrogens (tertiary/aromatic N) is 1. The lowest BCUT2D eigenvalue weighted by molar-refractivity contribution is -0.139. The van der Waals surface area contributed by atoms with Gasteiger partial charge in [0.15, 0.2) is 0 Å². The second-order valence-electron chi connectivity index (χ2n) is 6.24. The summed E-state index contributed by atoms with van der Waals surface area (Å²) in [6, 6.07) is 7.81. The number of morpholine rings is 1. The van der Waals surface area contributed by atoms with Crippen molar-refractivity contribution in [3.63, 3.8) is 0 Å². The Bertz CT molecular complexity index is 746. The molecular weight excluding hydrogens is 369 g/mol. The van der Waals surface area contributed by atoms with E-state index in [-0.39, 0.29) is 18.4 Å². The third kappa shape index (κ3) is 5.59. The summed E-state index contributed by atoms with van der Waals surface area (Å²) in [5.74, 6) is -1.72. The molecule has 27 heavy (non-hydrogen) atoms. The van der Waals surface area contributed by atoms with E-state index in [9.17, 15) is 14.0 Å². The number of amides is 2. The molecule has 0 spiro atoms. The zero-order chi connectivity index (χ0) is 19.1. The molecule has 1 aliphatic rings. The molecule has 0 saturated carbocycles. The van der Waals surface area contributed by atoms with Crippen molar-refractivity contribution in [3.05, 3.63) is 58.0 Å². The first-order valence-corrected chi connectivity index (χ1v) is 9.72. The molecule has 1 aliphatic heterocycles. The lowest BCUT2D eigenvalue weighted by Gasteiger charge is -2.34. The zero-order valence-electron chi connectivity index (χ0n) is 14.8. The van der Waals surface area contributed by atoms with E-state index in [0.717, 1.165) is 24.2 Å². The molecule has 1 saturated heterocycles. The minimum absolute atomic E-state index is 0.00833. The molecule has 6 nitrogen and oxygen atoms in total. The number of hydrogen-bond donors (Lipinski definition) is 2. The molecule has 2 N–H and O–H groups in total. The quantitative estimate of drug-likeness (QED) is 0.736. The van der Waals surface area contributed by atoms with Gasteiger partial charge in [0, 0.05) is 26.2 Å². The van der Waals surface area contributed by atoms with Crippen LogP contribution in [0.3, 0.4) is 0 Å². The number of rotatable bonds is 6. The lowest BCUT2D eigenvalue weighted by Crippen LogP contribution is -2.46. The SMILES string of the molecule is O=C(NCc1ccc(F)cc1)C(=O)NCC(c1ccsc1)N1CCOCC1. The fourth-order valence-electron chi connectivity index (χ4n) is 2.95. The summed E-state index contributed by atoms with van der Waals surface area (Å²) >= 11 is 1.60. The van der Waals surface area contributed by atoms with Crippen molar-refractivity contribution in [1.29, 1.82) is 0 Å². The number of carbonyl (C=O) groups excluding carboxylic acids is 2. The third-order valence-corrected chi connectivity index (χ3v) is 5.14. The van der Waals surface area contributed by atoms with Crippen molar-refractivity contribution in [2.75, 3.05) is 32.8 Å². The Morgan fingerprint density at radius 2 is 1.81 bits per heavy atom. The first-order valence-electron chi connectivity index (χ1n) is 8.78. The highest BCUT2D eigenvalue weighted by Crippen LogP contribution is 2.23. The highest BCUT2D eigenvalue weighted by atomic mass is 32.1. The van der Waals surface area contributed by atoms with Crippen LogP contribution >= 0.6 is 11.3 Å². The predicted octanol–water partition coefficient (Wildman–Crippen LogP) is 1.69. The van der Waals surface area contributed by atoms with Crippen LogP contribution in [0.15, 0.2) is 41.1 Å². The van der Waals surface area contributed by atoms with Crippen molar-refractivity contribution < 1.29 is 18.7 Å². The Labute approximate surface area is 161 Å². The highest BCUT2D eigenvalue weighted by molar-refractivity contribution is 7.07. The molecule has 3 rings (SSSR count). The van der Waals surface area contributed by atoms with Crippen molar-refractivity contribution in [2.45, 2.75) is 12.6 Å². The summed E-state index contributed by atoms with van der Waals surface area (Å²) in [5, 5.41) is 9.33. The van der Waals surface area contributed by atoms with Gasteiger partial charge in [-0.1, -0.05) is 12.1 Å². The van der Waals surface area contributed by atoms with E-state index in [1.165, 1.54) is 12.1 Å². The maximum Gasteiger partial charge on any atom is 0.309 e. The average Bonchev–Trinajstić information content (AvgIpc) is 3.22. The average molecular weight is 391 g/mol. The number of benzene rings is 1. The van der Waals surface area contributed by atoms with Crippen LogP contribution in [-0.4, -0.2) is 49.6 Å². The van der Waals surface area contributed by atoms with Gasteiger partial charge in [-0.2, -0.15) is 11.3 Å². The maximum absolute atomic E-state index is 12.9.